The van der Waals surface area contributed by atoms with Crippen molar-refractivity contribution in [3.05, 3.63) is 57.8 Å². The van der Waals surface area contributed by atoms with Crippen molar-refractivity contribution < 1.29 is 14.3 Å². The summed E-state index contributed by atoms with van der Waals surface area (Å²) in [7, 11) is 0. The third-order valence-electron chi connectivity index (χ3n) is 3.83. The molecule has 0 aliphatic carbocycles. The summed E-state index contributed by atoms with van der Waals surface area (Å²) in [6, 6.07) is 7.14. The summed E-state index contributed by atoms with van der Waals surface area (Å²) in [6.07, 6.45) is 2.79. The summed E-state index contributed by atoms with van der Waals surface area (Å²) in [6.45, 7) is 6.45. The maximum atomic E-state index is 12.3. The highest BCUT2D eigenvalue weighted by molar-refractivity contribution is 9.10. The number of amides is 2. The summed E-state index contributed by atoms with van der Waals surface area (Å²) >= 11 is 3.54. The lowest BCUT2D eigenvalue weighted by Crippen LogP contribution is -2.33. The zero-order valence-electron chi connectivity index (χ0n) is 14.9. The molecule has 26 heavy (non-hydrogen) atoms. The number of aromatic nitrogens is 1. The van der Waals surface area contributed by atoms with Gasteiger partial charge in [0.15, 0.2) is 0 Å². The number of pyridine rings is 1. The molecule has 6 nitrogen and oxygen atoms in total. The van der Waals surface area contributed by atoms with Crippen molar-refractivity contribution in [2.45, 2.75) is 39.5 Å². The van der Waals surface area contributed by atoms with E-state index in [1.165, 1.54) is 6.20 Å². The van der Waals surface area contributed by atoms with Gasteiger partial charge in [0.1, 0.15) is 5.60 Å². The van der Waals surface area contributed by atoms with Crippen LogP contribution in [0.25, 0.3) is 0 Å². The second kappa shape index (κ2) is 7.07. The molecule has 0 fully saturated rings. The Morgan fingerprint density at radius 1 is 1.27 bits per heavy atom. The van der Waals surface area contributed by atoms with Crippen LogP contribution in [0.1, 0.15) is 42.3 Å². The van der Waals surface area contributed by atoms with Crippen LogP contribution in [0.4, 0.5) is 10.5 Å². The second-order valence-corrected chi connectivity index (χ2v) is 7.98. The number of carbonyl (C=O) groups excluding carboxylic acids is 2. The van der Waals surface area contributed by atoms with Crippen LogP contribution in [0, 0.1) is 0 Å². The van der Waals surface area contributed by atoms with Crippen molar-refractivity contribution >= 4 is 33.6 Å². The molecule has 3 rings (SSSR count). The first-order valence-electron chi connectivity index (χ1n) is 8.23. The molecule has 0 spiro atoms. The van der Waals surface area contributed by atoms with Gasteiger partial charge in [-0.2, -0.15) is 0 Å². The van der Waals surface area contributed by atoms with Crippen molar-refractivity contribution in [2.24, 2.45) is 0 Å². The molecule has 0 saturated carbocycles. The number of hydrogen-bond acceptors (Lipinski definition) is 4. The fourth-order valence-corrected chi connectivity index (χ4v) is 3.32. The molecule has 0 radical (unpaired) electrons. The van der Waals surface area contributed by atoms with E-state index in [0.717, 1.165) is 15.6 Å². The Bertz CT molecular complexity index is 847. The van der Waals surface area contributed by atoms with E-state index in [1.54, 1.807) is 23.2 Å². The minimum atomic E-state index is -0.536. The average Bonchev–Trinajstić information content (AvgIpc) is 2.99. The first-order chi connectivity index (χ1) is 12.2. The Labute approximate surface area is 160 Å². The molecule has 1 aliphatic rings. The van der Waals surface area contributed by atoms with Crippen molar-refractivity contribution in [3.8, 4) is 0 Å². The molecule has 2 heterocycles. The zero-order chi connectivity index (χ0) is 18.9. The van der Waals surface area contributed by atoms with Gasteiger partial charge in [-0.15, -0.1) is 0 Å². The Morgan fingerprint density at radius 2 is 2.04 bits per heavy atom. The lowest BCUT2D eigenvalue weighted by molar-refractivity contribution is 0.0241. The highest BCUT2D eigenvalue weighted by Gasteiger charge is 2.29. The van der Waals surface area contributed by atoms with Crippen molar-refractivity contribution in [3.63, 3.8) is 0 Å². The lowest BCUT2D eigenvalue weighted by Gasteiger charge is -2.24. The fourth-order valence-electron chi connectivity index (χ4n) is 2.69. The number of carbonyl (C=O) groups is 2. The van der Waals surface area contributed by atoms with Gasteiger partial charge in [0, 0.05) is 29.1 Å². The molecule has 1 aromatic carbocycles. The van der Waals surface area contributed by atoms with Gasteiger partial charge in [-0.3, -0.25) is 14.7 Å². The number of nitrogens with zero attached hydrogens (tertiary/aromatic N) is 2. The molecule has 1 aliphatic heterocycles. The topological polar surface area (TPSA) is 71.5 Å². The van der Waals surface area contributed by atoms with Gasteiger partial charge < -0.3 is 10.1 Å². The van der Waals surface area contributed by atoms with E-state index < -0.39 is 5.60 Å². The van der Waals surface area contributed by atoms with E-state index in [9.17, 15) is 9.59 Å². The minimum absolute atomic E-state index is 0.230. The Morgan fingerprint density at radius 3 is 2.69 bits per heavy atom. The monoisotopic (exact) mass is 417 g/mol. The van der Waals surface area contributed by atoms with Crippen LogP contribution < -0.4 is 5.32 Å². The van der Waals surface area contributed by atoms with E-state index in [0.29, 0.717) is 24.3 Å². The summed E-state index contributed by atoms with van der Waals surface area (Å²) in [5, 5.41) is 2.87. The van der Waals surface area contributed by atoms with Crippen molar-refractivity contribution in [1.29, 1.82) is 0 Å². The molecule has 0 bridgehead atoms. The molecule has 136 valence electrons. The molecule has 2 aromatic rings. The number of hydrogen-bond donors (Lipinski definition) is 1. The van der Waals surface area contributed by atoms with Crippen LogP contribution in [-0.2, 0) is 17.8 Å². The van der Waals surface area contributed by atoms with E-state index in [1.807, 2.05) is 32.9 Å². The number of fused-ring (bicyclic) bond motifs is 1. The molecular weight excluding hydrogens is 398 g/mol. The molecule has 1 aromatic heterocycles. The SMILES string of the molecule is CC(C)(C)OC(=O)N1Cc2cc(NC(=O)c3cccnc3)cc(Br)c2C1. The highest BCUT2D eigenvalue weighted by Crippen LogP contribution is 2.33. The van der Waals surface area contributed by atoms with Gasteiger partial charge >= 0.3 is 6.09 Å². The van der Waals surface area contributed by atoms with Crippen molar-refractivity contribution in [1.82, 2.24) is 9.88 Å². The molecule has 0 unspecified atom stereocenters. The fraction of sp³-hybridized carbons (Fsp3) is 0.316. The van der Waals surface area contributed by atoms with Gasteiger partial charge in [0.2, 0.25) is 0 Å². The van der Waals surface area contributed by atoms with Crippen LogP contribution in [-0.4, -0.2) is 27.5 Å². The summed E-state index contributed by atoms with van der Waals surface area (Å²) in [4.78, 5) is 30.2. The van der Waals surface area contributed by atoms with Crippen LogP contribution in [0.3, 0.4) is 0 Å². The van der Waals surface area contributed by atoms with Gasteiger partial charge in [0.25, 0.3) is 5.91 Å². The first kappa shape index (κ1) is 18.4. The smallest absolute Gasteiger partial charge is 0.410 e. The Hall–Kier alpha value is -2.41. The number of rotatable bonds is 2. The standard InChI is InChI=1S/C19H20BrN3O3/c1-19(2,3)26-18(25)23-10-13-7-14(8-16(20)15(13)11-23)22-17(24)12-5-4-6-21-9-12/h4-9H,10-11H2,1-3H3,(H,22,24). The Balaban J connectivity index is 1.75. The number of anilines is 1. The maximum Gasteiger partial charge on any atom is 0.410 e. The predicted octanol–water partition coefficient (Wildman–Crippen LogP) is 4.35. The molecule has 0 saturated heterocycles. The van der Waals surface area contributed by atoms with E-state index in [-0.39, 0.29) is 12.0 Å². The van der Waals surface area contributed by atoms with Crippen molar-refractivity contribution in [2.75, 3.05) is 5.32 Å². The zero-order valence-corrected chi connectivity index (χ0v) is 16.5. The number of ether oxygens (including phenoxy) is 1. The number of benzene rings is 1. The molecule has 7 heteroatoms. The third kappa shape index (κ3) is 4.22. The quantitative estimate of drug-likeness (QED) is 0.788. The predicted molar refractivity (Wildman–Crippen MR) is 102 cm³/mol. The van der Waals surface area contributed by atoms with Crippen LogP contribution >= 0.6 is 15.9 Å². The maximum absolute atomic E-state index is 12.3. The molecule has 1 N–H and O–H groups in total. The normalized spacial score (nSPS) is 13.3. The van der Waals surface area contributed by atoms with E-state index >= 15 is 0 Å². The van der Waals surface area contributed by atoms with Crippen LogP contribution in [0.15, 0.2) is 41.1 Å². The molecule has 0 atom stereocenters. The summed E-state index contributed by atoms with van der Waals surface area (Å²) < 4.78 is 6.29. The summed E-state index contributed by atoms with van der Waals surface area (Å²) in [5.74, 6) is -0.230. The van der Waals surface area contributed by atoms with Gasteiger partial charge in [-0.05, 0) is 56.2 Å². The average molecular weight is 418 g/mol. The van der Waals surface area contributed by atoms with E-state index in [2.05, 4.69) is 26.2 Å². The first-order valence-corrected chi connectivity index (χ1v) is 9.03. The van der Waals surface area contributed by atoms with E-state index in [4.69, 9.17) is 4.74 Å². The third-order valence-corrected chi connectivity index (χ3v) is 4.54. The van der Waals surface area contributed by atoms with Gasteiger partial charge in [-0.1, -0.05) is 15.9 Å². The van der Waals surface area contributed by atoms with Gasteiger partial charge in [0.05, 0.1) is 12.1 Å². The number of nitrogens with one attached hydrogen (secondary N) is 1. The highest BCUT2D eigenvalue weighted by atomic mass is 79.9. The lowest BCUT2D eigenvalue weighted by atomic mass is 10.1. The molecular formula is C19H20BrN3O3. The minimum Gasteiger partial charge on any atom is -0.444 e. The second-order valence-electron chi connectivity index (χ2n) is 7.13. The van der Waals surface area contributed by atoms with Crippen LogP contribution in [0.5, 0.6) is 0 Å². The Kier molecular flexibility index (Phi) is 5.00. The summed E-state index contributed by atoms with van der Waals surface area (Å²) in [5.41, 5.74) is 2.61. The number of halogens is 1. The van der Waals surface area contributed by atoms with Gasteiger partial charge in [-0.25, -0.2) is 4.79 Å². The van der Waals surface area contributed by atoms with Crippen LogP contribution in [0.2, 0.25) is 0 Å². The molecule has 2 amide bonds. The largest absolute Gasteiger partial charge is 0.444 e.